The molecule has 4 nitrogen and oxygen atoms in total. The number of nitrogen functional groups attached to an aromatic ring is 1. The van der Waals surface area contributed by atoms with Crippen LogP contribution in [0.3, 0.4) is 0 Å². The molecule has 1 heterocycles. The summed E-state index contributed by atoms with van der Waals surface area (Å²) in [5, 5.41) is 1.05. The van der Waals surface area contributed by atoms with Gasteiger partial charge in [0.05, 0.1) is 5.52 Å². The topological polar surface area (TPSA) is 45.4 Å². The maximum absolute atomic E-state index is 6.01. The van der Waals surface area contributed by atoms with Crippen molar-refractivity contribution in [1.29, 1.82) is 0 Å². The maximum Gasteiger partial charge on any atom is 0.0767 e. The largest absolute Gasteiger partial charge is 0.398 e. The molecule has 0 aliphatic rings. The van der Waals surface area contributed by atoms with Gasteiger partial charge in [-0.25, -0.2) is 0 Å². The highest BCUT2D eigenvalue weighted by molar-refractivity contribution is 5.92. The van der Waals surface area contributed by atoms with Gasteiger partial charge in [-0.1, -0.05) is 6.07 Å². The number of pyridine rings is 1. The van der Waals surface area contributed by atoms with E-state index >= 15 is 0 Å². The standard InChI is InChI=1S/C16H24N4/c1-19(2)10-5-11-20(3)12-13-7-8-15(17)14-6-4-9-18-16(13)14/h4,6-9H,5,10-12,17H2,1-3H3. The summed E-state index contributed by atoms with van der Waals surface area (Å²) in [4.78, 5) is 9.04. The Morgan fingerprint density at radius 3 is 2.65 bits per heavy atom. The van der Waals surface area contributed by atoms with Crippen LogP contribution in [0, 0.1) is 0 Å². The molecule has 2 aromatic rings. The zero-order chi connectivity index (χ0) is 14.5. The fourth-order valence-electron chi connectivity index (χ4n) is 2.41. The van der Waals surface area contributed by atoms with Gasteiger partial charge in [0, 0.05) is 23.8 Å². The SMILES string of the molecule is CN(C)CCCN(C)Cc1ccc(N)c2cccnc12. The molecule has 108 valence electrons. The quantitative estimate of drug-likeness (QED) is 0.819. The molecule has 1 aromatic carbocycles. The molecule has 20 heavy (non-hydrogen) atoms. The smallest absolute Gasteiger partial charge is 0.0767 e. The molecule has 0 aliphatic heterocycles. The molecule has 0 spiro atoms. The van der Waals surface area contributed by atoms with E-state index in [-0.39, 0.29) is 0 Å². The third-order valence-electron chi connectivity index (χ3n) is 3.47. The minimum atomic E-state index is 0.798. The molecule has 0 unspecified atom stereocenters. The van der Waals surface area contributed by atoms with Crippen molar-refractivity contribution in [3.63, 3.8) is 0 Å². The van der Waals surface area contributed by atoms with Crippen molar-refractivity contribution >= 4 is 16.6 Å². The number of nitrogens with two attached hydrogens (primary N) is 1. The molecule has 0 saturated heterocycles. The van der Waals surface area contributed by atoms with Crippen LogP contribution in [0.25, 0.3) is 10.9 Å². The summed E-state index contributed by atoms with van der Waals surface area (Å²) in [6.07, 6.45) is 3.00. The Morgan fingerprint density at radius 2 is 1.90 bits per heavy atom. The Kier molecular flexibility index (Phi) is 4.93. The third kappa shape index (κ3) is 3.68. The Balaban J connectivity index is 2.08. The monoisotopic (exact) mass is 272 g/mol. The predicted octanol–water partition coefficient (Wildman–Crippen LogP) is 2.20. The molecule has 2 N–H and O–H groups in total. The number of rotatable bonds is 6. The Labute approximate surface area is 121 Å². The molecular weight excluding hydrogens is 248 g/mol. The first kappa shape index (κ1) is 14.8. The number of aromatic nitrogens is 1. The number of benzene rings is 1. The predicted molar refractivity (Wildman–Crippen MR) is 85.7 cm³/mol. The first-order chi connectivity index (χ1) is 9.58. The second-order valence-electron chi connectivity index (χ2n) is 5.61. The van der Waals surface area contributed by atoms with E-state index in [1.54, 1.807) is 0 Å². The van der Waals surface area contributed by atoms with E-state index in [0.717, 1.165) is 36.2 Å². The lowest BCUT2D eigenvalue weighted by molar-refractivity contribution is 0.295. The molecule has 0 amide bonds. The zero-order valence-electron chi connectivity index (χ0n) is 12.6. The van der Waals surface area contributed by atoms with Crippen molar-refractivity contribution in [3.8, 4) is 0 Å². The van der Waals surface area contributed by atoms with Gasteiger partial charge in [-0.05, 0) is 64.4 Å². The summed E-state index contributed by atoms with van der Waals surface area (Å²) in [7, 11) is 6.37. The molecule has 0 bridgehead atoms. The van der Waals surface area contributed by atoms with Gasteiger partial charge in [-0.3, -0.25) is 4.98 Å². The van der Waals surface area contributed by atoms with E-state index in [1.807, 2.05) is 24.4 Å². The highest BCUT2D eigenvalue weighted by Crippen LogP contribution is 2.23. The van der Waals surface area contributed by atoms with Gasteiger partial charge in [-0.2, -0.15) is 0 Å². The number of hydrogen-bond acceptors (Lipinski definition) is 4. The van der Waals surface area contributed by atoms with Crippen molar-refractivity contribution in [2.45, 2.75) is 13.0 Å². The molecule has 1 aromatic heterocycles. The highest BCUT2D eigenvalue weighted by atomic mass is 15.1. The van der Waals surface area contributed by atoms with Crippen LogP contribution in [0.2, 0.25) is 0 Å². The van der Waals surface area contributed by atoms with Crippen LogP contribution in [-0.2, 0) is 6.54 Å². The number of nitrogens with zero attached hydrogens (tertiary/aromatic N) is 3. The Hall–Kier alpha value is -1.65. The van der Waals surface area contributed by atoms with Gasteiger partial charge < -0.3 is 15.5 Å². The Morgan fingerprint density at radius 1 is 1.10 bits per heavy atom. The molecular formula is C16H24N4. The highest BCUT2D eigenvalue weighted by Gasteiger charge is 2.07. The molecule has 0 saturated carbocycles. The number of fused-ring (bicyclic) bond motifs is 1. The van der Waals surface area contributed by atoms with Crippen molar-refractivity contribution in [2.24, 2.45) is 0 Å². The van der Waals surface area contributed by atoms with Crippen LogP contribution in [0.4, 0.5) is 5.69 Å². The molecule has 4 heteroatoms. The van der Waals surface area contributed by atoms with Crippen LogP contribution in [0.1, 0.15) is 12.0 Å². The van der Waals surface area contributed by atoms with E-state index in [2.05, 4.69) is 42.0 Å². The van der Waals surface area contributed by atoms with Crippen LogP contribution in [0.5, 0.6) is 0 Å². The summed E-state index contributed by atoms with van der Waals surface area (Å²) in [6, 6.07) is 8.04. The van der Waals surface area contributed by atoms with Gasteiger partial charge in [0.2, 0.25) is 0 Å². The number of hydrogen-bond donors (Lipinski definition) is 1. The lowest BCUT2D eigenvalue weighted by atomic mass is 10.1. The van der Waals surface area contributed by atoms with Crippen molar-refractivity contribution < 1.29 is 0 Å². The fourth-order valence-corrected chi connectivity index (χ4v) is 2.41. The average Bonchev–Trinajstić information content (AvgIpc) is 2.42. The minimum absolute atomic E-state index is 0.798. The van der Waals surface area contributed by atoms with E-state index in [1.165, 1.54) is 12.0 Å². The lowest BCUT2D eigenvalue weighted by Gasteiger charge is -2.19. The summed E-state index contributed by atoms with van der Waals surface area (Å²) in [5.74, 6) is 0. The van der Waals surface area contributed by atoms with E-state index in [0.29, 0.717) is 0 Å². The molecule has 2 rings (SSSR count). The first-order valence-corrected chi connectivity index (χ1v) is 7.03. The van der Waals surface area contributed by atoms with Gasteiger partial charge in [0.1, 0.15) is 0 Å². The van der Waals surface area contributed by atoms with Crippen LogP contribution in [0.15, 0.2) is 30.5 Å². The van der Waals surface area contributed by atoms with Gasteiger partial charge >= 0.3 is 0 Å². The van der Waals surface area contributed by atoms with Gasteiger partial charge in [0.25, 0.3) is 0 Å². The molecule has 0 atom stereocenters. The molecule has 0 aliphatic carbocycles. The molecule has 0 fully saturated rings. The first-order valence-electron chi connectivity index (χ1n) is 7.03. The second kappa shape index (κ2) is 6.68. The summed E-state index contributed by atoms with van der Waals surface area (Å²) in [6.45, 7) is 3.10. The summed E-state index contributed by atoms with van der Waals surface area (Å²) >= 11 is 0. The van der Waals surface area contributed by atoms with Crippen molar-refractivity contribution in [3.05, 3.63) is 36.0 Å². The van der Waals surface area contributed by atoms with Crippen molar-refractivity contribution in [1.82, 2.24) is 14.8 Å². The summed E-state index contributed by atoms with van der Waals surface area (Å²) < 4.78 is 0. The second-order valence-corrected chi connectivity index (χ2v) is 5.61. The van der Waals surface area contributed by atoms with E-state index < -0.39 is 0 Å². The van der Waals surface area contributed by atoms with E-state index in [9.17, 15) is 0 Å². The van der Waals surface area contributed by atoms with Gasteiger partial charge in [-0.15, -0.1) is 0 Å². The van der Waals surface area contributed by atoms with Gasteiger partial charge in [0.15, 0.2) is 0 Å². The number of anilines is 1. The average molecular weight is 272 g/mol. The van der Waals surface area contributed by atoms with Crippen LogP contribution >= 0.6 is 0 Å². The summed E-state index contributed by atoms with van der Waals surface area (Å²) in [5.41, 5.74) is 9.07. The van der Waals surface area contributed by atoms with Crippen LogP contribution in [-0.4, -0.2) is 49.0 Å². The molecule has 0 radical (unpaired) electrons. The van der Waals surface area contributed by atoms with Crippen LogP contribution < -0.4 is 5.73 Å². The maximum atomic E-state index is 6.01. The zero-order valence-corrected chi connectivity index (χ0v) is 12.6. The lowest BCUT2D eigenvalue weighted by Crippen LogP contribution is -2.23. The third-order valence-corrected chi connectivity index (χ3v) is 3.47. The van der Waals surface area contributed by atoms with Crippen molar-refractivity contribution in [2.75, 3.05) is 40.0 Å². The van der Waals surface area contributed by atoms with E-state index in [4.69, 9.17) is 5.73 Å². The normalized spacial score (nSPS) is 11.7. The minimum Gasteiger partial charge on any atom is -0.398 e. The Bertz CT molecular complexity index is 565. The fraction of sp³-hybridized carbons (Fsp3) is 0.438.